The molecule has 0 unspecified atom stereocenters. The molecule has 0 aliphatic carbocycles. The molecule has 0 aromatic heterocycles. The summed E-state index contributed by atoms with van der Waals surface area (Å²) in [5.74, 6) is 0.0460. The Labute approximate surface area is 130 Å². The smallest absolute Gasteiger partial charge is 0.254 e. The summed E-state index contributed by atoms with van der Waals surface area (Å²) in [6.45, 7) is 0.947. The van der Waals surface area contributed by atoms with E-state index in [1.807, 2.05) is 25.2 Å². The quantitative estimate of drug-likeness (QED) is 0.561. The first-order valence-corrected chi connectivity index (χ1v) is 7.75. The fourth-order valence-electron chi connectivity index (χ4n) is 1.61. The first-order chi connectivity index (χ1) is 8.56. The summed E-state index contributed by atoms with van der Waals surface area (Å²) in [6.07, 6.45) is 2.67. The molecule has 1 amide bonds. The topological polar surface area (TPSA) is 40.5 Å². The molecule has 0 spiro atoms. The van der Waals surface area contributed by atoms with Gasteiger partial charge in [-0.3, -0.25) is 4.79 Å². The van der Waals surface area contributed by atoms with Crippen molar-refractivity contribution in [3.8, 4) is 0 Å². The monoisotopic (exact) mass is 425 g/mol. The molecule has 0 bridgehead atoms. The minimum Gasteiger partial charge on any atom is -0.396 e. The molecule has 0 aliphatic rings. The number of aliphatic hydroxyl groups is 1. The highest BCUT2D eigenvalue weighted by Crippen LogP contribution is 2.19. The van der Waals surface area contributed by atoms with E-state index in [9.17, 15) is 4.79 Å². The van der Waals surface area contributed by atoms with Gasteiger partial charge < -0.3 is 10.0 Å². The van der Waals surface area contributed by atoms with E-state index >= 15 is 0 Å². The molecule has 1 aromatic carbocycles. The Bertz CT molecular complexity index is 412. The fourth-order valence-corrected chi connectivity index (χ4v) is 2.53. The van der Waals surface area contributed by atoms with Gasteiger partial charge >= 0.3 is 0 Å². The van der Waals surface area contributed by atoms with Crippen LogP contribution in [0, 0.1) is 3.57 Å². The van der Waals surface area contributed by atoms with E-state index in [1.54, 1.807) is 4.90 Å². The molecule has 0 heterocycles. The second-order valence-corrected chi connectivity index (χ2v) is 6.21. The van der Waals surface area contributed by atoms with Crippen LogP contribution < -0.4 is 0 Å². The number of rotatable bonds is 6. The Morgan fingerprint density at radius 1 is 1.39 bits per heavy atom. The van der Waals surface area contributed by atoms with Gasteiger partial charge in [0.15, 0.2) is 0 Å². The molecule has 0 aliphatic heterocycles. The molecule has 1 N–H and O–H groups in total. The van der Waals surface area contributed by atoms with Gasteiger partial charge in [0.2, 0.25) is 0 Å². The molecule has 0 atom stereocenters. The minimum absolute atomic E-state index is 0.0460. The summed E-state index contributed by atoms with van der Waals surface area (Å²) in [7, 11) is 1.82. The molecule has 0 saturated heterocycles. The van der Waals surface area contributed by atoms with Gasteiger partial charge in [-0.15, -0.1) is 0 Å². The highest BCUT2D eigenvalue weighted by Gasteiger charge is 2.14. The van der Waals surface area contributed by atoms with Crippen LogP contribution >= 0.6 is 38.5 Å². The standard InChI is InChI=1S/C13H17BrINO2/c1-16(7-3-2-4-8-17)13(18)11-9-10(14)5-6-12(11)15/h5-6,9,17H,2-4,7-8H2,1H3. The number of unbranched alkanes of at least 4 members (excludes halogenated alkanes) is 2. The number of carbonyl (C=O) groups excluding carboxylic acids is 1. The highest BCUT2D eigenvalue weighted by atomic mass is 127. The molecule has 100 valence electrons. The maximum atomic E-state index is 12.2. The van der Waals surface area contributed by atoms with Gasteiger partial charge in [-0.1, -0.05) is 15.9 Å². The average Bonchev–Trinajstić information content (AvgIpc) is 2.36. The van der Waals surface area contributed by atoms with Crippen LogP contribution in [-0.4, -0.2) is 36.1 Å². The summed E-state index contributed by atoms with van der Waals surface area (Å²) in [5, 5.41) is 8.70. The Morgan fingerprint density at radius 3 is 2.78 bits per heavy atom. The lowest BCUT2D eigenvalue weighted by atomic mass is 10.2. The first-order valence-electron chi connectivity index (χ1n) is 5.87. The lowest BCUT2D eigenvalue weighted by Gasteiger charge is -2.18. The third kappa shape index (κ3) is 4.85. The summed E-state index contributed by atoms with van der Waals surface area (Å²) in [4.78, 5) is 14.0. The summed E-state index contributed by atoms with van der Waals surface area (Å²) in [5.41, 5.74) is 0.731. The number of hydrogen-bond donors (Lipinski definition) is 1. The molecule has 1 aromatic rings. The van der Waals surface area contributed by atoms with Crippen LogP contribution in [0.5, 0.6) is 0 Å². The van der Waals surface area contributed by atoms with E-state index in [0.717, 1.165) is 39.4 Å². The second kappa shape index (κ2) is 8.12. The zero-order valence-electron chi connectivity index (χ0n) is 10.3. The first kappa shape index (κ1) is 15.9. The molecule has 3 nitrogen and oxygen atoms in total. The van der Waals surface area contributed by atoms with Gasteiger partial charge in [0.05, 0.1) is 5.56 Å². The van der Waals surface area contributed by atoms with Crippen molar-refractivity contribution in [2.24, 2.45) is 0 Å². The van der Waals surface area contributed by atoms with Crippen LogP contribution in [0.2, 0.25) is 0 Å². The van der Waals surface area contributed by atoms with E-state index < -0.39 is 0 Å². The molecule has 1 rings (SSSR count). The third-order valence-electron chi connectivity index (χ3n) is 2.66. The summed E-state index contributed by atoms with van der Waals surface area (Å²) < 4.78 is 1.88. The largest absolute Gasteiger partial charge is 0.396 e. The number of hydrogen-bond acceptors (Lipinski definition) is 2. The van der Waals surface area contributed by atoms with Crippen molar-refractivity contribution in [1.29, 1.82) is 0 Å². The zero-order valence-corrected chi connectivity index (χ0v) is 14.1. The van der Waals surface area contributed by atoms with Crippen LogP contribution in [0.25, 0.3) is 0 Å². The van der Waals surface area contributed by atoms with Gasteiger partial charge in [0.25, 0.3) is 5.91 Å². The van der Waals surface area contributed by atoms with E-state index in [0.29, 0.717) is 0 Å². The third-order valence-corrected chi connectivity index (χ3v) is 4.09. The van der Waals surface area contributed by atoms with Crippen molar-refractivity contribution in [1.82, 2.24) is 4.90 Å². The Morgan fingerprint density at radius 2 is 2.11 bits per heavy atom. The highest BCUT2D eigenvalue weighted by molar-refractivity contribution is 14.1. The molecule has 0 fully saturated rings. The number of aliphatic hydroxyl groups excluding tert-OH is 1. The van der Waals surface area contributed by atoms with Crippen molar-refractivity contribution in [2.45, 2.75) is 19.3 Å². The number of nitrogens with zero attached hydrogens (tertiary/aromatic N) is 1. The van der Waals surface area contributed by atoms with Gasteiger partial charge in [-0.2, -0.15) is 0 Å². The van der Waals surface area contributed by atoms with Gasteiger partial charge in [0, 0.05) is 28.2 Å². The van der Waals surface area contributed by atoms with E-state index in [4.69, 9.17) is 5.11 Å². The predicted molar refractivity (Wildman–Crippen MR) is 84.8 cm³/mol. The van der Waals surface area contributed by atoms with Gasteiger partial charge in [-0.25, -0.2) is 0 Å². The van der Waals surface area contributed by atoms with Crippen molar-refractivity contribution >= 4 is 44.4 Å². The zero-order chi connectivity index (χ0) is 13.5. The second-order valence-electron chi connectivity index (χ2n) is 4.14. The van der Waals surface area contributed by atoms with Crippen LogP contribution in [0.4, 0.5) is 0 Å². The van der Waals surface area contributed by atoms with Crippen LogP contribution in [0.1, 0.15) is 29.6 Å². The van der Waals surface area contributed by atoms with Crippen molar-refractivity contribution in [3.63, 3.8) is 0 Å². The molecule has 18 heavy (non-hydrogen) atoms. The lowest BCUT2D eigenvalue weighted by molar-refractivity contribution is 0.0791. The summed E-state index contributed by atoms with van der Waals surface area (Å²) in [6, 6.07) is 5.71. The number of halogens is 2. The average molecular weight is 426 g/mol. The van der Waals surface area contributed by atoms with Crippen molar-refractivity contribution in [2.75, 3.05) is 20.2 Å². The van der Waals surface area contributed by atoms with E-state index in [2.05, 4.69) is 38.5 Å². The Hall–Kier alpha value is -0.140. The van der Waals surface area contributed by atoms with E-state index in [-0.39, 0.29) is 12.5 Å². The Balaban J connectivity index is 2.60. The molecular formula is C13H17BrINO2. The van der Waals surface area contributed by atoms with Crippen LogP contribution in [0.3, 0.4) is 0 Å². The molecular weight excluding hydrogens is 409 g/mol. The van der Waals surface area contributed by atoms with Crippen LogP contribution in [0.15, 0.2) is 22.7 Å². The fraction of sp³-hybridized carbons (Fsp3) is 0.462. The van der Waals surface area contributed by atoms with Crippen molar-refractivity contribution < 1.29 is 9.90 Å². The van der Waals surface area contributed by atoms with Crippen LogP contribution in [-0.2, 0) is 0 Å². The number of amides is 1. The van der Waals surface area contributed by atoms with E-state index in [1.165, 1.54) is 0 Å². The predicted octanol–water partition coefficient (Wildman–Crippen LogP) is 3.29. The van der Waals surface area contributed by atoms with Crippen molar-refractivity contribution in [3.05, 3.63) is 31.8 Å². The lowest BCUT2D eigenvalue weighted by Crippen LogP contribution is -2.28. The number of carbonyl (C=O) groups is 1. The number of benzene rings is 1. The normalized spacial score (nSPS) is 10.4. The van der Waals surface area contributed by atoms with Gasteiger partial charge in [-0.05, 0) is 60.1 Å². The summed E-state index contributed by atoms with van der Waals surface area (Å²) >= 11 is 5.56. The molecule has 0 saturated carbocycles. The maximum Gasteiger partial charge on any atom is 0.254 e. The minimum atomic E-state index is 0.0460. The van der Waals surface area contributed by atoms with Gasteiger partial charge in [0.1, 0.15) is 0 Å². The SMILES string of the molecule is CN(CCCCCO)C(=O)c1cc(Br)ccc1I. The molecule has 5 heteroatoms. The maximum absolute atomic E-state index is 12.2. The Kier molecular flexibility index (Phi) is 7.18. The molecule has 0 radical (unpaired) electrons.